The number of rotatable bonds is 7. The molecule has 0 aliphatic carbocycles. The zero-order valence-electron chi connectivity index (χ0n) is 23.3. The van der Waals surface area contributed by atoms with Gasteiger partial charge in [-0.05, 0) is 62.8 Å². The molecule has 2 unspecified atom stereocenters. The van der Waals surface area contributed by atoms with Gasteiger partial charge in [-0.3, -0.25) is 4.79 Å². The largest absolute Gasteiger partial charge is 0.469 e. The molecule has 1 aliphatic heterocycles. The number of piperidine rings is 1. The molecule has 0 saturated carbocycles. The quantitative estimate of drug-likeness (QED) is 0.399. The molecule has 39 heavy (non-hydrogen) atoms. The second-order valence-electron chi connectivity index (χ2n) is 10.7. The van der Waals surface area contributed by atoms with Crippen molar-refractivity contribution >= 4 is 22.1 Å². The summed E-state index contributed by atoms with van der Waals surface area (Å²) >= 11 is 0. The fourth-order valence-corrected chi connectivity index (χ4v) is 5.47. The van der Waals surface area contributed by atoms with Crippen LogP contribution >= 0.6 is 0 Å². The number of ether oxygens (including phenoxy) is 2. The van der Waals surface area contributed by atoms with Gasteiger partial charge in [0.25, 0.3) is 0 Å². The number of carbonyl (C=O) groups is 2. The number of likely N-dealkylation sites (tertiary alicyclic amines) is 1. The maximum Gasteiger partial charge on any atom is 0.410 e. The number of benzene rings is 2. The van der Waals surface area contributed by atoms with Gasteiger partial charge in [0.05, 0.1) is 25.8 Å². The van der Waals surface area contributed by atoms with E-state index in [1.54, 1.807) is 4.90 Å². The molecule has 1 fully saturated rings. The lowest BCUT2D eigenvalue weighted by atomic mass is 9.90. The van der Waals surface area contributed by atoms with Crippen molar-refractivity contribution in [1.29, 1.82) is 0 Å². The van der Waals surface area contributed by atoms with Gasteiger partial charge in [-0.25, -0.2) is 17.9 Å². The molecule has 2 atom stereocenters. The molecular weight excluding hydrogens is 516 g/mol. The van der Waals surface area contributed by atoms with Gasteiger partial charge in [0, 0.05) is 24.6 Å². The van der Waals surface area contributed by atoms with Crippen molar-refractivity contribution < 1.29 is 27.5 Å². The first-order valence-corrected chi connectivity index (χ1v) is 15.0. The summed E-state index contributed by atoms with van der Waals surface area (Å²) in [6, 6.07) is 14.9. The zero-order valence-corrected chi connectivity index (χ0v) is 24.1. The highest BCUT2D eigenvalue weighted by atomic mass is 32.2. The lowest BCUT2D eigenvalue weighted by molar-refractivity contribution is -0.140. The van der Waals surface area contributed by atoms with Crippen molar-refractivity contribution in [1.82, 2.24) is 9.62 Å². The van der Waals surface area contributed by atoms with Crippen molar-refractivity contribution in [2.45, 2.75) is 70.6 Å². The van der Waals surface area contributed by atoms with Crippen LogP contribution in [0.3, 0.4) is 0 Å². The molecule has 1 aliphatic rings. The monoisotopic (exact) mass is 554 g/mol. The van der Waals surface area contributed by atoms with Crippen LogP contribution in [0.15, 0.2) is 48.5 Å². The Bertz CT molecular complexity index is 1340. The highest BCUT2D eigenvalue weighted by molar-refractivity contribution is 7.88. The standard InChI is InChI=1S/C30H38N2O6S/c1-30(2,3)38-29(34)32-19-11-17-26(31-39(5,35)36)27(32)21-22-12-10-15-24(20-22)25-16-8-6-13-23(25)14-7-9-18-28(33)37-4/h6,8,10,12-13,15-16,20,26-27,31H,9,11,17-19,21H2,1-5H3. The van der Waals surface area contributed by atoms with Gasteiger partial charge >= 0.3 is 12.1 Å². The minimum absolute atomic E-state index is 0.235. The van der Waals surface area contributed by atoms with Crippen LogP contribution in [0.5, 0.6) is 0 Å². The minimum Gasteiger partial charge on any atom is -0.469 e. The molecule has 3 rings (SSSR count). The number of hydrogen-bond acceptors (Lipinski definition) is 6. The highest BCUT2D eigenvalue weighted by Gasteiger charge is 2.37. The Labute approximate surface area is 232 Å². The van der Waals surface area contributed by atoms with Crippen LogP contribution in [0.4, 0.5) is 4.79 Å². The van der Waals surface area contributed by atoms with Gasteiger partial charge in [0.1, 0.15) is 5.60 Å². The molecule has 210 valence electrons. The molecule has 0 bridgehead atoms. The summed E-state index contributed by atoms with van der Waals surface area (Å²) in [7, 11) is -2.12. The average Bonchev–Trinajstić information content (AvgIpc) is 2.86. The van der Waals surface area contributed by atoms with Gasteiger partial charge in [-0.15, -0.1) is 0 Å². The van der Waals surface area contributed by atoms with E-state index >= 15 is 0 Å². The third kappa shape index (κ3) is 9.41. The Hall–Kier alpha value is -3.35. The third-order valence-electron chi connectivity index (χ3n) is 6.29. The SMILES string of the molecule is COC(=O)CCC#Cc1ccccc1-c1cccc(CC2C(NS(C)(=O)=O)CCCN2C(=O)OC(C)(C)C)c1. The van der Waals surface area contributed by atoms with Crippen LogP contribution in [-0.4, -0.2) is 63.0 Å². The van der Waals surface area contributed by atoms with E-state index < -0.39 is 33.8 Å². The van der Waals surface area contributed by atoms with E-state index in [-0.39, 0.29) is 12.4 Å². The predicted octanol–water partition coefficient (Wildman–Crippen LogP) is 4.52. The van der Waals surface area contributed by atoms with Crippen molar-refractivity contribution in [3.8, 4) is 23.0 Å². The number of carbonyl (C=O) groups excluding carboxylic acids is 2. The Kier molecular flexibility index (Phi) is 10.2. The van der Waals surface area contributed by atoms with E-state index in [0.29, 0.717) is 32.2 Å². The van der Waals surface area contributed by atoms with Crippen LogP contribution in [0.2, 0.25) is 0 Å². The second kappa shape index (κ2) is 13.1. The van der Waals surface area contributed by atoms with Crippen molar-refractivity contribution in [2.24, 2.45) is 0 Å². The van der Waals surface area contributed by atoms with Crippen molar-refractivity contribution in [2.75, 3.05) is 19.9 Å². The molecule has 2 aromatic rings. The van der Waals surface area contributed by atoms with Gasteiger partial charge in [0.15, 0.2) is 0 Å². The summed E-state index contributed by atoms with van der Waals surface area (Å²) in [6.45, 7) is 5.94. The summed E-state index contributed by atoms with van der Waals surface area (Å²) in [5, 5.41) is 0. The molecule has 9 heteroatoms. The maximum atomic E-state index is 13.1. The molecule has 1 amide bonds. The van der Waals surface area contributed by atoms with Gasteiger partial charge < -0.3 is 14.4 Å². The van der Waals surface area contributed by atoms with E-state index in [1.165, 1.54) is 7.11 Å². The fourth-order valence-electron chi connectivity index (χ4n) is 4.64. The lowest BCUT2D eigenvalue weighted by Gasteiger charge is -2.41. The van der Waals surface area contributed by atoms with Crippen molar-refractivity contribution in [3.63, 3.8) is 0 Å². The average molecular weight is 555 g/mol. The summed E-state index contributed by atoms with van der Waals surface area (Å²) in [5.41, 5.74) is 3.03. The number of esters is 1. The summed E-state index contributed by atoms with van der Waals surface area (Å²) < 4.78 is 37.4. The minimum atomic E-state index is -3.48. The number of amides is 1. The number of hydrogen-bond donors (Lipinski definition) is 1. The molecule has 1 saturated heterocycles. The Balaban J connectivity index is 1.90. The highest BCUT2D eigenvalue weighted by Crippen LogP contribution is 2.28. The molecule has 0 aromatic heterocycles. The van der Waals surface area contributed by atoms with Gasteiger partial charge in [-0.2, -0.15) is 0 Å². The smallest absolute Gasteiger partial charge is 0.410 e. The van der Waals surface area contributed by atoms with Crippen LogP contribution in [-0.2, 0) is 30.7 Å². The fraction of sp³-hybridized carbons (Fsp3) is 0.467. The van der Waals surface area contributed by atoms with E-state index in [1.807, 2.05) is 69.3 Å². The van der Waals surface area contributed by atoms with E-state index in [0.717, 1.165) is 28.5 Å². The molecular formula is C30H38N2O6S. The topological polar surface area (TPSA) is 102 Å². The van der Waals surface area contributed by atoms with E-state index in [2.05, 4.69) is 21.3 Å². The summed E-state index contributed by atoms with van der Waals surface area (Å²) in [4.78, 5) is 26.2. The van der Waals surface area contributed by atoms with Gasteiger partial charge in [-0.1, -0.05) is 54.3 Å². The number of sulfonamides is 1. The lowest BCUT2D eigenvalue weighted by Crippen LogP contribution is -2.58. The molecule has 1 N–H and O–H groups in total. The van der Waals surface area contributed by atoms with E-state index in [4.69, 9.17) is 4.74 Å². The van der Waals surface area contributed by atoms with Crippen LogP contribution in [0.1, 0.15) is 57.6 Å². The Morgan fingerprint density at radius 1 is 1.13 bits per heavy atom. The summed E-state index contributed by atoms with van der Waals surface area (Å²) in [6.07, 6.45) is 3.08. The number of nitrogens with one attached hydrogen (secondary N) is 1. The molecule has 0 spiro atoms. The predicted molar refractivity (Wildman–Crippen MR) is 151 cm³/mol. The first-order valence-electron chi connectivity index (χ1n) is 13.1. The summed E-state index contributed by atoms with van der Waals surface area (Å²) in [5.74, 6) is 5.92. The zero-order chi connectivity index (χ0) is 28.6. The third-order valence-corrected chi connectivity index (χ3v) is 7.02. The van der Waals surface area contributed by atoms with Crippen LogP contribution < -0.4 is 4.72 Å². The molecule has 0 radical (unpaired) electrons. The molecule has 8 nitrogen and oxygen atoms in total. The molecule has 1 heterocycles. The Morgan fingerprint density at radius 3 is 2.56 bits per heavy atom. The van der Waals surface area contributed by atoms with Crippen LogP contribution in [0.25, 0.3) is 11.1 Å². The first kappa shape index (κ1) is 30.2. The number of nitrogens with zero attached hydrogens (tertiary/aromatic N) is 1. The number of methoxy groups -OCH3 is 1. The normalized spacial score (nSPS) is 17.6. The van der Waals surface area contributed by atoms with Crippen LogP contribution in [0, 0.1) is 11.8 Å². The molecule has 2 aromatic carbocycles. The first-order chi connectivity index (χ1) is 18.4. The Morgan fingerprint density at radius 2 is 1.87 bits per heavy atom. The van der Waals surface area contributed by atoms with Gasteiger partial charge in [0.2, 0.25) is 10.0 Å². The maximum absolute atomic E-state index is 13.1. The van der Waals surface area contributed by atoms with Crippen molar-refractivity contribution in [3.05, 3.63) is 59.7 Å². The second-order valence-corrected chi connectivity index (χ2v) is 12.5. The van der Waals surface area contributed by atoms with E-state index in [9.17, 15) is 18.0 Å².